The van der Waals surface area contributed by atoms with E-state index in [2.05, 4.69) is 58.3 Å². The van der Waals surface area contributed by atoms with Crippen LogP contribution in [-0.2, 0) is 6.42 Å². The fourth-order valence-electron chi connectivity index (χ4n) is 2.93. The highest BCUT2D eigenvalue weighted by atomic mass is 35.5. The monoisotopic (exact) mass is 341 g/mol. The number of rotatable bonds is 3. The number of hydrogen-bond acceptors (Lipinski definition) is 2. The van der Waals surface area contributed by atoms with Gasteiger partial charge in [-0.25, -0.2) is 0 Å². The van der Waals surface area contributed by atoms with E-state index in [0.717, 1.165) is 36.8 Å². The number of aromatic nitrogens is 1. The van der Waals surface area contributed by atoms with Crippen LogP contribution >= 0.6 is 37.3 Å². The molecule has 2 heterocycles. The van der Waals surface area contributed by atoms with Crippen molar-refractivity contribution in [1.82, 2.24) is 15.2 Å². The smallest absolute Gasteiger partial charge is 0.133 e. The van der Waals surface area contributed by atoms with Crippen LogP contribution in [0.15, 0.2) is 30.5 Å². The van der Waals surface area contributed by atoms with Crippen LogP contribution in [0.2, 0.25) is 0 Å². The van der Waals surface area contributed by atoms with Crippen molar-refractivity contribution in [1.29, 1.82) is 0 Å². The Kier molecular flexibility index (Phi) is 5.93. The van der Waals surface area contributed by atoms with E-state index < -0.39 is 0 Å². The first-order valence-electron chi connectivity index (χ1n) is 7.01. The molecule has 0 saturated carbocycles. The summed E-state index contributed by atoms with van der Waals surface area (Å²) in [6.07, 6.45) is 4.28. The third-order valence-corrected chi connectivity index (χ3v) is 4.51. The highest BCUT2D eigenvalue weighted by molar-refractivity contribution is 8.10. The van der Waals surface area contributed by atoms with Gasteiger partial charge < -0.3 is 15.2 Å². The molecular formula is C15H20ClN3S2. The minimum absolute atomic E-state index is 0. The van der Waals surface area contributed by atoms with Gasteiger partial charge in [0.15, 0.2) is 0 Å². The Balaban J connectivity index is 0.00000161. The summed E-state index contributed by atoms with van der Waals surface area (Å²) in [5, 5.41) is 4.77. The van der Waals surface area contributed by atoms with Gasteiger partial charge in [-0.2, -0.15) is 0 Å². The molecule has 6 heteroatoms. The number of thiocarbonyl (C=S) groups is 1. The van der Waals surface area contributed by atoms with Gasteiger partial charge in [-0.05, 0) is 24.5 Å². The average molecular weight is 342 g/mol. The molecule has 1 fully saturated rings. The lowest BCUT2D eigenvalue weighted by Crippen LogP contribution is -2.52. The van der Waals surface area contributed by atoms with E-state index in [0.29, 0.717) is 6.04 Å². The molecule has 3 nitrogen and oxygen atoms in total. The highest BCUT2D eigenvalue weighted by Crippen LogP contribution is 2.21. The van der Waals surface area contributed by atoms with Crippen LogP contribution in [0.5, 0.6) is 0 Å². The molecule has 0 amide bonds. The van der Waals surface area contributed by atoms with Gasteiger partial charge >= 0.3 is 0 Å². The maximum atomic E-state index is 5.24. The van der Waals surface area contributed by atoms with Gasteiger partial charge in [-0.15, -0.1) is 25.0 Å². The Morgan fingerprint density at radius 3 is 3.00 bits per heavy atom. The van der Waals surface area contributed by atoms with Crippen LogP contribution in [0.4, 0.5) is 0 Å². The van der Waals surface area contributed by atoms with E-state index in [1.807, 2.05) is 0 Å². The fourth-order valence-corrected chi connectivity index (χ4v) is 3.43. The maximum Gasteiger partial charge on any atom is 0.133 e. The van der Waals surface area contributed by atoms with E-state index in [1.165, 1.54) is 16.5 Å². The first-order valence-corrected chi connectivity index (χ1v) is 7.86. The number of piperazine rings is 1. The fraction of sp³-hybridized carbons (Fsp3) is 0.400. The van der Waals surface area contributed by atoms with Gasteiger partial charge in [0.25, 0.3) is 0 Å². The van der Waals surface area contributed by atoms with Crippen molar-refractivity contribution in [3.63, 3.8) is 0 Å². The second-order valence-electron chi connectivity index (χ2n) is 5.23. The maximum absolute atomic E-state index is 5.24. The van der Waals surface area contributed by atoms with Crippen LogP contribution in [0.3, 0.4) is 0 Å². The number of hydrogen-bond donors (Lipinski definition) is 3. The molecule has 2 aromatic rings. The van der Waals surface area contributed by atoms with Crippen molar-refractivity contribution in [3.05, 3.63) is 36.0 Å². The Bertz CT molecular complexity index is 614. The molecule has 1 saturated heterocycles. The summed E-state index contributed by atoms with van der Waals surface area (Å²) in [5.41, 5.74) is 2.60. The minimum Gasteiger partial charge on any atom is -0.361 e. The topological polar surface area (TPSA) is 31.1 Å². The van der Waals surface area contributed by atoms with Crippen LogP contribution in [0.1, 0.15) is 12.0 Å². The largest absolute Gasteiger partial charge is 0.361 e. The Morgan fingerprint density at radius 2 is 2.19 bits per heavy atom. The summed E-state index contributed by atoms with van der Waals surface area (Å²) in [6, 6.07) is 8.91. The molecule has 114 valence electrons. The zero-order valence-electron chi connectivity index (χ0n) is 11.7. The number of thiol groups is 1. The van der Waals surface area contributed by atoms with Crippen LogP contribution < -0.4 is 5.32 Å². The summed E-state index contributed by atoms with van der Waals surface area (Å²) in [4.78, 5) is 5.58. The van der Waals surface area contributed by atoms with E-state index in [1.54, 1.807) is 0 Å². The molecule has 3 rings (SSSR count). The molecule has 1 aromatic heterocycles. The third kappa shape index (κ3) is 3.72. The number of aromatic amines is 1. The van der Waals surface area contributed by atoms with Crippen molar-refractivity contribution in [2.75, 3.05) is 19.6 Å². The van der Waals surface area contributed by atoms with Crippen molar-refractivity contribution < 1.29 is 0 Å². The van der Waals surface area contributed by atoms with E-state index in [-0.39, 0.29) is 12.4 Å². The lowest BCUT2D eigenvalue weighted by Gasteiger charge is -2.36. The molecule has 1 aliphatic heterocycles. The van der Waals surface area contributed by atoms with Gasteiger partial charge in [-0.1, -0.05) is 30.4 Å². The molecule has 1 atom stereocenters. The zero-order chi connectivity index (χ0) is 13.9. The Morgan fingerprint density at radius 1 is 1.38 bits per heavy atom. The van der Waals surface area contributed by atoms with Crippen molar-refractivity contribution in [2.24, 2.45) is 0 Å². The van der Waals surface area contributed by atoms with Crippen LogP contribution in [0.25, 0.3) is 10.9 Å². The van der Waals surface area contributed by atoms with Gasteiger partial charge in [-0.3, -0.25) is 0 Å². The predicted octanol–water partition coefficient (Wildman–Crippen LogP) is 3.01. The molecule has 0 bridgehead atoms. The second-order valence-corrected chi connectivity index (χ2v) is 6.34. The molecule has 1 unspecified atom stereocenters. The van der Waals surface area contributed by atoms with Crippen LogP contribution in [-0.4, -0.2) is 39.9 Å². The number of H-pyrrole nitrogens is 1. The van der Waals surface area contributed by atoms with E-state index >= 15 is 0 Å². The molecule has 0 spiro atoms. The zero-order valence-corrected chi connectivity index (χ0v) is 14.2. The number of aryl methyl sites for hydroxylation is 1. The Labute approximate surface area is 142 Å². The molecule has 2 N–H and O–H groups in total. The average Bonchev–Trinajstić information content (AvgIpc) is 2.88. The quantitative estimate of drug-likeness (QED) is 0.592. The van der Waals surface area contributed by atoms with Crippen molar-refractivity contribution >= 4 is 52.5 Å². The van der Waals surface area contributed by atoms with E-state index in [4.69, 9.17) is 12.2 Å². The van der Waals surface area contributed by atoms with Crippen LogP contribution in [0, 0.1) is 0 Å². The first kappa shape index (κ1) is 16.6. The number of nitrogens with zero attached hydrogens (tertiary/aromatic N) is 1. The number of para-hydroxylation sites is 1. The molecule has 1 aromatic carbocycles. The number of benzene rings is 1. The predicted molar refractivity (Wildman–Crippen MR) is 98.8 cm³/mol. The molecule has 1 aliphatic rings. The lowest BCUT2D eigenvalue weighted by molar-refractivity contribution is 0.253. The second kappa shape index (κ2) is 7.49. The number of halogens is 1. The van der Waals surface area contributed by atoms with Crippen molar-refractivity contribution in [3.8, 4) is 0 Å². The van der Waals surface area contributed by atoms with Gasteiger partial charge in [0.2, 0.25) is 0 Å². The highest BCUT2D eigenvalue weighted by Gasteiger charge is 2.22. The summed E-state index contributed by atoms with van der Waals surface area (Å²) >= 11 is 9.59. The number of nitrogens with one attached hydrogen (secondary N) is 2. The molecular weight excluding hydrogens is 322 g/mol. The third-order valence-electron chi connectivity index (χ3n) is 4.02. The van der Waals surface area contributed by atoms with E-state index in [9.17, 15) is 0 Å². The SMILES string of the molecule is Cl.S=C(S)N1CCNCC1CCc1c[nH]c2ccccc12. The van der Waals surface area contributed by atoms with Gasteiger partial charge in [0.1, 0.15) is 4.32 Å². The standard InChI is InChI=1S/C15H19N3S2.ClH/c19-15(20)18-8-7-16-10-12(18)6-5-11-9-17-14-4-2-1-3-13(11)14;/h1-4,9,12,16-17H,5-8,10H2,(H,19,20);1H. The number of fused-ring (bicyclic) bond motifs is 1. The summed E-state index contributed by atoms with van der Waals surface area (Å²) < 4.78 is 0.718. The Hall–Kier alpha value is -0.750. The van der Waals surface area contributed by atoms with Crippen molar-refractivity contribution in [2.45, 2.75) is 18.9 Å². The normalized spacial score (nSPS) is 18.5. The van der Waals surface area contributed by atoms with Gasteiger partial charge in [0.05, 0.1) is 0 Å². The summed E-state index contributed by atoms with van der Waals surface area (Å²) in [6.45, 7) is 2.94. The molecule has 0 aliphatic carbocycles. The summed E-state index contributed by atoms with van der Waals surface area (Å²) in [5.74, 6) is 0. The first-order chi connectivity index (χ1) is 9.75. The molecule has 0 radical (unpaired) electrons. The summed E-state index contributed by atoms with van der Waals surface area (Å²) in [7, 11) is 0. The minimum atomic E-state index is 0. The van der Waals surface area contributed by atoms with Gasteiger partial charge in [0, 0.05) is 42.8 Å². The lowest BCUT2D eigenvalue weighted by atomic mass is 10.0. The molecule has 21 heavy (non-hydrogen) atoms.